The number of nitrogens with one attached hydrogen (secondary N) is 2. The van der Waals surface area contributed by atoms with Crippen molar-refractivity contribution in [3.63, 3.8) is 0 Å². The predicted molar refractivity (Wildman–Crippen MR) is 73.6 cm³/mol. The molecule has 1 fully saturated rings. The van der Waals surface area contributed by atoms with Gasteiger partial charge >= 0.3 is 0 Å². The number of carbonyl (C=O) groups is 1. The predicted octanol–water partition coefficient (Wildman–Crippen LogP) is 1.99. The zero-order valence-electron chi connectivity index (χ0n) is 11.1. The number of hydrogen-bond acceptors (Lipinski definition) is 4. The molecule has 1 aromatic heterocycles. The first-order valence-electron chi connectivity index (χ1n) is 6.60. The molecule has 0 radical (unpaired) electrons. The molecule has 1 saturated heterocycles. The zero-order valence-corrected chi connectivity index (χ0v) is 11.9. The number of aromatic nitrogens is 1. The van der Waals surface area contributed by atoms with Crippen LogP contribution >= 0.6 is 11.3 Å². The lowest BCUT2D eigenvalue weighted by molar-refractivity contribution is -0.127. The minimum absolute atomic E-state index is 0.132. The summed E-state index contributed by atoms with van der Waals surface area (Å²) < 4.78 is 0. The molecule has 1 unspecified atom stereocenters. The van der Waals surface area contributed by atoms with E-state index in [-0.39, 0.29) is 11.4 Å². The van der Waals surface area contributed by atoms with Gasteiger partial charge in [-0.2, -0.15) is 0 Å². The third-order valence-corrected chi connectivity index (χ3v) is 4.27. The Kier molecular flexibility index (Phi) is 4.35. The largest absolute Gasteiger partial charge is 0.349 e. The first-order valence-corrected chi connectivity index (χ1v) is 7.48. The molecule has 1 aliphatic rings. The van der Waals surface area contributed by atoms with Crippen LogP contribution in [0.1, 0.15) is 43.3 Å². The standard InChI is InChI=1S/C13H21N3OS/c1-3-5-13(6-4-7-15-13)12(17)14-8-11-9-18-10(2)16-11/h9,15H,3-8H2,1-2H3,(H,14,17). The van der Waals surface area contributed by atoms with Gasteiger partial charge in [-0.1, -0.05) is 13.3 Å². The highest BCUT2D eigenvalue weighted by atomic mass is 32.1. The second kappa shape index (κ2) is 5.80. The fraction of sp³-hybridized carbons (Fsp3) is 0.692. The van der Waals surface area contributed by atoms with E-state index in [1.165, 1.54) is 0 Å². The maximum absolute atomic E-state index is 12.3. The van der Waals surface area contributed by atoms with Gasteiger partial charge in [0.1, 0.15) is 0 Å². The van der Waals surface area contributed by atoms with Crippen LogP contribution < -0.4 is 10.6 Å². The summed E-state index contributed by atoms with van der Waals surface area (Å²) >= 11 is 1.62. The van der Waals surface area contributed by atoms with E-state index in [0.29, 0.717) is 6.54 Å². The van der Waals surface area contributed by atoms with E-state index in [2.05, 4.69) is 22.5 Å². The van der Waals surface area contributed by atoms with Crippen molar-refractivity contribution < 1.29 is 4.79 Å². The topological polar surface area (TPSA) is 54.0 Å². The second-order valence-electron chi connectivity index (χ2n) is 4.90. The van der Waals surface area contributed by atoms with Crippen LogP contribution in [-0.4, -0.2) is 23.0 Å². The van der Waals surface area contributed by atoms with Crippen molar-refractivity contribution in [2.24, 2.45) is 0 Å². The van der Waals surface area contributed by atoms with Gasteiger partial charge in [-0.15, -0.1) is 11.3 Å². The van der Waals surface area contributed by atoms with Gasteiger partial charge in [0.2, 0.25) is 5.91 Å². The van der Waals surface area contributed by atoms with E-state index in [9.17, 15) is 4.79 Å². The fourth-order valence-electron chi connectivity index (χ4n) is 2.58. The van der Waals surface area contributed by atoms with Gasteiger partial charge in [0.05, 0.1) is 22.8 Å². The van der Waals surface area contributed by atoms with Crippen LogP contribution in [0.2, 0.25) is 0 Å². The highest BCUT2D eigenvalue weighted by Gasteiger charge is 2.39. The monoisotopic (exact) mass is 267 g/mol. The van der Waals surface area contributed by atoms with Crippen molar-refractivity contribution in [3.8, 4) is 0 Å². The summed E-state index contributed by atoms with van der Waals surface area (Å²) in [5.74, 6) is 0.132. The van der Waals surface area contributed by atoms with Gasteiger partial charge in [-0.3, -0.25) is 4.79 Å². The Morgan fingerprint density at radius 3 is 3.06 bits per heavy atom. The maximum atomic E-state index is 12.3. The van der Waals surface area contributed by atoms with Gasteiger partial charge in [-0.25, -0.2) is 4.98 Å². The number of amides is 1. The molecule has 0 saturated carbocycles. The van der Waals surface area contributed by atoms with Gasteiger partial charge in [-0.05, 0) is 32.7 Å². The number of thiazole rings is 1. The summed E-state index contributed by atoms with van der Waals surface area (Å²) in [5.41, 5.74) is 0.621. The summed E-state index contributed by atoms with van der Waals surface area (Å²) in [7, 11) is 0. The Bertz CT molecular complexity index is 410. The van der Waals surface area contributed by atoms with Crippen LogP contribution in [0.25, 0.3) is 0 Å². The summed E-state index contributed by atoms with van der Waals surface area (Å²) in [4.78, 5) is 16.7. The highest BCUT2D eigenvalue weighted by molar-refractivity contribution is 7.09. The Morgan fingerprint density at radius 2 is 2.50 bits per heavy atom. The zero-order chi connectivity index (χ0) is 13.0. The number of carbonyl (C=O) groups excluding carboxylic acids is 1. The van der Waals surface area contributed by atoms with Gasteiger partial charge in [0.25, 0.3) is 0 Å². The van der Waals surface area contributed by atoms with Gasteiger partial charge in [0.15, 0.2) is 0 Å². The molecule has 100 valence electrons. The van der Waals surface area contributed by atoms with Crippen molar-refractivity contribution in [2.75, 3.05) is 6.54 Å². The number of nitrogens with zero attached hydrogens (tertiary/aromatic N) is 1. The fourth-order valence-corrected chi connectivity index (χ4v) is 3.20. The molecular weight excluding hydrogens is 246 g/mol. The van der Waals surface area contributed by atoms with Crippen molar-refractivity contribution in [1.29, 1.82) is 0 Å². The molecule has 1 amide bonds. The lowest BCUT2D eigenvalue weighted by Gasteiger charge is -2.27. The van der Waals surface area contributed by atoms with E-state index in [1.54, 1.807) is 11.3 Å². The summed E-state index contributed by atoms with van der Waals surface area (Å²) in [6.45, 7) is 5.59. The summed E-state index contributed by atoms with van der Waals surface area (Å²) in [6, 6.07) is 0. The average Bonchev–Trinajstić information content (AvgIpc) is 2.97. The third-order valence-electron chi connectivity index (χ3n) is 3.45. The Balaban J connectivity index is 1.93. The van der Waals surface area contributed by atoms with Crippen molar-refractivity contribution in [2.45, 2.75) is 51.6 Å². The van der Waals surface area contributed by atoms with E-state index in [0.717, 1.165) is 42.9 Å². The van der Waals surface area contributed by atoms with Crippen molar-refractivity contribution >= 4 is 17.2 Å². The molecule has 1 aliphatic heterocycles. The number of aryl methyl sites for hydroxylation is 1. The quantitative estimate of drug-likeness (QED) is 0.858. The minimum Gasteiger partial charge on any atom is -0.349 e. The molecule has 4 nitrogen and oxygen atoms in total. The smallest absolute Gasteiger partial charge is 0.240 e. The molecule has 0 aliphatic carbocycles. The molecule has 5 heteroatoms. The minimum atomic E-state index is -0.334. The second-order valence-corrected chi connectivity index (χ2v) is 5.97. The normalized spacial score (nSPS) is 23.2. The molecule has 0 bridgehead atoms. The van der Waals surface area contributed by atoms with E-state index in [1.807, 2.05) is 12.3 Å². The van der Waals surface area contributed by atoms with Gasteiger partial charge in [0, 0.05) is 5.38 Å². The van der Waals surface area contributed by atoms with Crippen molar-refractivity contribution in [3.05, 3.63) is 16.1 Å². The molecular formula is C13H21N3OS. The number of hydrogen-bond donors (Lipinski definition) is 2. The SMILES string of the molecule is CCCC1(C(=O)NCc2csc(C)n2)CCCN1. The summed E-state index contributed by atoms with van der Waals surface area (Å²) in [6.07, 6.45) is 3.97. The molecule has 2 N–H and O–H groups in total. The van der Waals surface area contributed by atoms with Gasteiger partial charge < -0.3 is 10.6 Å². The lowest BCUT2D eigenvalue weighted by Crippen LogP contribution is -2.53. The highest BCUT2D eigenvalue weighted by Crippen LogP contribution is 2.25. The van der Waals surface area contributed by atoms with Crippen LogP contribution in [0, 0.1) is 6.92 Å². The van der Waals surface area contributed by atoms with Crippen LogP contribution in [0.5, 0.6) is 0 Å². The van der Waals surface area contributed by atoms with E-state index in [4.69, 9.17) is 0 Å². The third kappa shape index (κ3) is 2.90. The lowest BCUT2D eigenvalue weighted by atomic mass is 9.91. The van der Waals surface area contributed by atoms with Crippen LogP contribution in [-0.2, 0) is 11.3 Å². The Labute approximate surface area is 112 Å². The van der Waals surface area contributed by atoms with Crippen LogP contribution in [0.15, 0.2) is 5.38 Å². The average molecular weight is 267 g/mol. The van der Waals surface area contributed by atoms with Crippen LogP contribution in [0.4, 0.5) is 0 Å². The van der Waals surface area contributed by atoms with Crippen molar-refractivity contribution in [1.82, 2.24) is 15.6 Å². The summed E-state index contributed by atoms with van der Waals surface area (Å²) in [5, 5.41) is 9.45. The molecule has 18 heavy (non-hydrogen) atoms. The first-order chi connectivity index (χ1) is 8.66. The molecule has 2 rings (SSSR count). The molecule has 0 aromatic carbocycles. The molecule has 2 heterocycles. The number of rotatable bonds is 5. The Morgan fingerprint density at radius 1 is 1.67 bits per heavy atom. The molecule has 1 atom stereocenters. The van der Waals surface area contributed by atoms with Crippen LogP contribution in [0.3, 0.4) is 0 Å². The molecule has 1 aromatic rings. The maximum Gasteiger partial charge on any atom is 0.240 e. The first kappa shape index (κ1) is 13.5. The Hall–Kier alpha value is -0.940. The van der Waals surface area contributed by atoms with E-state index < -0.39 is 0 Å². The molecule has 0 spiro atoms. The van der Waals surface area contributed by atoms with E-state index >= 15 is 0 Å².